The molecule has 0 unspecified atom stereocenters. The molecule has 0 fully saturated rings. The van der Waals surface area contributed by atoms with Gasteiger partial charge in [-0.1, -0.05) is 6.07 Å². The minimum Gasteiger partial charge on any atom is -0.315 e. The van der Waals surface area contributed by atoms with Gasteiger partial charge in [-0.25, -0.2) is 13.6 Å². The second-order valence-electron chi connectivity index (χ2n) is 2.95. The monoisotopic (exact) mass is 234 g/mol. The van der Waals surface area contributed by atoms with Gasteiger partial charge in [-0.3, -0.25) is 0 Å². The zero-order valence-corrected chi connectivity index (χ0v) is 9.40. The summed E-state index contributed by atoms with van der Waals surface area (Å²) in [7, 11) is -3.32. The van der Waals surface area contributed by atoms with Crippen LogP contribution in [0.15, 0.2) is 17.5 Å². The molecule has 0 aliphatic heterocycles. The van der Waals surface area contributed by atoms with Gasteiger partial charge in [0.05, 0.1) is 5.75 Å². The molecule has 0 bridgehead atoms. The lowest BCUT2D eigenvalue weighted by Gasteiger charge is -2.01. The van der Waals surface area contributed by atoms with Crippen molar-refractivity contribution in [1.29, 1.82) is 0 Å². The summed E-state index contributed by atoms with van der Waals surface area (Å²) in [6.07, 6.45) is 0.933. The fourth-order valence-electron chi connectivity index (χ4n) is 1.01. The lowest BCUT2D eigenvalue weighted by atomic mass is 10.3. The zero-order valence-electron chi connectivity index (χ0n) is 7.77. The minimum absolute atomic E-state index is 0.00254. The molecule has 0 aliphatic carbocycles. The molecule has 0 saturated carbocycles. The second-order valence-corrected chi connectivity index (χ2v) is 5.71. The summed E-state index contributed by atoms with van der Waals surface area (Å²) in [5.41, 5.74) is 0. The predicted molar refractivity (Wildman–Crippen MR) is 58.9 cm³/mol. The Kier molecular flexibility index (Phi) is 4.53. The van der Waals surface area contributed by atoms with Crippen molar-refractivity contribution < 1.29 is 8.42 Å². The Balaban J connectivity index is 2.06. The van der Waals surface area contributed by atoms with Gasteiger partial charge in [0.2, 0.25) is 10.0 Å². The van der Waals surface area contributed by atoms with Crippen molar-refractivity contribution in [2.24, 2.45) is 5.14 Å². The fourth-order valence-corrected chi connectivity index (χ4v) is 2.14. The van der Waals surface area contributed by atoms with Crippen LogP contribution >= 0.6 is 11.3 Å². The average Bonchev–Trinajstić information content (AvgIpc) is 2.54. The number of hydrogen-bond acceptors (Lipinski definition) is 4. The Morgan fingerprint density at radius 3 is 2.79 bits per heavy atom. The van der Waals surface area contributed by atoms with Crippen LogP contribution in [0.25, 0.3) is 0 Å². The summed E-state index contributed by atoms with van der Waals surface area (Å²) in [4.78, 5) is 1.30. The lowest BCUT2D eigenvalue weighted by Crippen LogP contribution is -2.28. The maximum atomic E-state index is 10.6. The van der Waals surface area contributed by atoms with Gasteiger partial charge in [-0.15, -0.1) is 11.3 Å². The smallest absolute Gasteiger partial charge is 0.210 e. The van der Waals surface area contributed by atoms with Crippen LogP contribution in [0.4, 0.5) is 0 Å². The van der Waals surface area contributed by atoms with Crippen LogP contribution in [-0.2, 0) is 16.4 Å². The minimum atomic E-state index is -3.32. The maximum Gasteiger partial charge on any atom is 0.210 e. The van der Waals surface area contributed by atoms with E-state index in [1.54, 1.807) is 11.3 Å². The Bertz CT molecular complexity index is 345. The highest BCUT2D eigenvalue weighted by Crippen LogP contribution is 2.07. The van der Waals surface area contributed by atoms with Gasteiger partial charge in [0.1, 0.15) is 0 Å². The molecule has 0 amide bonds. The Hall–Kier alpha value is -0.430. The van der Waals surface area contributed by atoms with Crippen LogP contribution in [0.1, 0.15) is 4.88 Å². The zero-order chi connectivity index (χ0) is 10.4. The third-order valence-electron chi connectivity index (χ3n) is 1.69. The van der Waals surface area contributed by atoms with Gasteiger partial charge >= 0.3 is 0 Å². The topological polar surface area (TPSA) is 72.2 Å². The molecule has 80 valence electrons. The van der Waals surface area contributed by atoms with E-state index in [0.717, 1.165) is 13.0 Å². The molecule has 0 radical (unpaired) electrons. The van der Waals surface area contributed by atoms with Crippen molar-refractivity contribution in [3.63, 3.8) is 0 Å². The van der Waals surface area contributed by atoms with E-state index in [9.17, 15) is 8.42 Å². The molecular formula is C8H14N2O2S2. The van der Waals surface area contributed by atoms with Crippen molar-refractivity contribution in [2.75, 3.05) is 18.8 Å². The van der Waals surface area contributed by atoms with E-state index in [1.165, 1.54) is 4.88 Å². The number of hydrogen-bond donors (Lipinski definition) is 2. The van der Waals surface area contributed by atoms with Crippen LogP contribution in [0.3, 0.4) is 0 Å². The number of thiophene rings is 1. The highest BCUT2D eigenvalue weighted by Gasteiger charge is 2.00. The first-order chi connectivity index (χ1) is 6.58. The number of sulfonamides is 1. The van der Waals surface area contributed by atoms with E-state index < -0.39 is 10.0 Å². The predicted octanol–water partition coefficient (Wildman–Crippen LogP) is 0.169. The molecule has 0 saturated heterocycles. The van der Waals surface area contributed by atoms with Crippen molar-refractivity contribution in [3.8, 4) is 0 Å². The standard InChI is InChI=1S/C8H14N2O2S2/c9-14(11,12)7-5-10-4-3-8-2-1-6-13-8/h1-2,6,10H,3-5,7H2,(H2,9,11,12). The molecule has 6 heteroatoms. The van der Waals surface area contributed by atoms with Crippen LogP contribution in [-0.4, -0.2) is 27.3 Å². The molecular weight excluding hydrogens is 220 g/mol. The number of rotatable bonds is 6. The first-order valence-corrected chi connectivity index (χ1v) is 6.91. The first kappa shape index (κ1) is 11.6. The average molecular weight is 234 g/mol. The highest BCUT2D eigenvalue weighted by atomic mass is 32.2. The molecule has 4 nitrogen and oxygen atoms in total. The highest BCUT2D eigenvalue weighted by molar-refractivity contribution is 7.89. The van der Waals surface area contributed by atoms with Crippen molar-refractivity contribution in [1.82, 2.24) is 5.32 Å². The maximum absolute atomic E-state index is 10.6. The van der Waals surface area contributed by atoms with Crippen LogP contribution in [0.5, 0.6) is 0 Å². The van der Waals surface area contributed by atoms with Crippen LogP contribution in [0.2, 0.25) is 0 Å². The van der Waals surface area contributed by atoms with E-state index in [0.29, 0.717) is 6.54 Å². The molecule has 14 heavy (non-hydrogen) atoms. The van der Waals surface area contributed by atoms with Crippen molar-refractivity contribution in [2.45, 2.75) is 6.42 Å². The van der Waals surface area contributed by atoms with E-state index >= 15 is 0 Å². The van der Waals surface area contributed by atoms with E-state index in [2.05, 4.69) is 11.4 Å². The fraction of sp³-hybridized carbons (Fsp3) is 0.500. The van der Waals surface area contributed by atoms with Gasteiger partial charge in [0, 0.05) is 11.4 Å². The molecule has 1 heterocycles. The van der Waals surface area contributed by atoms with Crippen molar-refractivity contribution in [3.05, 3.63) is 22.4 Å². The second kappa shape index (κ2) is 5.45. The third-order valence-corrected chi connectivity index (χ3v) is 3.40. The molecule has 0 aromatic carbocycles. The third kappa shape index (κ3) is 5.33. The number of primary sulfonamides is 1. The summed E-state index contributed by atoms with van der Waals surface area (Å²) in [5, 5.41) is 9.90. The largest absolute Gasteiger partial charge is 0.315 e. The Labute approximate surface area is 88.2 Å². The SMILES string of the molecule is NS(=O)(=O)CCNCCc1cccs1. The molecule has 0 aliphatic rings. The van der Waals surface area contributed by atoms with E-state index in [4.69, 9.17) is 5.14 Å². The normalized spacial score (nSPS) is 11.8. The molecule has 0 spiro atoms. The molecule has 1 rings (SSSR count). The van der Waals surface area contributed by atoms with Crippen LogP contribution in [0, 0.1) is 0 Å². The van der Waals surface area contributed by atoms with Gasteiger partial charge in [0.25, 0.3) is 0 Å². The molecule has 0 atom stereocenters. The van der Waals surface area contributed by atoms with Gasteiger partial charge < -0.3 is 5.32 Å². The lowest BCUT2D eigenvalue weighted by molar-refractivity contribution is 0.592. The number of nitrogens with two attached hydrogens (primary N) is 1. The molecule has 3 N–H and O–H groups in total. The molecule has 1 aromatic heterocycles. The van der Waals surface area contributed by atoms with E-state index in [-0.39, 0.29) is 5.75 Å². The molecule has 1 aromatic rings. The van der Waals surface area contributed by atoms with Gasteiger partial charge in [-0.05, 0) is 24.4 Å². The quantitative estimate of drug-likeness (QED) is 0.689. The Morgan fingerprint density at radius 1 is 1.43 bits per heavy atom. The summed E-state index contributed by atoms with van der Waals surface area (Å²) >= 11 is 1.70. The van der Waals surface area contributed by atoms with E-state index in [1.807, 2.05) is 11.4 Å². The summed E-state index contributed by atoms with van der Waals surface area (Å²) < 4.78 is 21.1. The van der Waals surface area contributed by atoms with Gasteiger partial charge in [-0.2, -0.15) is 0 Å². The summed E-state index contributed by atoms with van der Waals surface area (Å²) in [6.45, 7) is 1.21. The first-order valence-electron chi connectivity index (χ1n) is 4.31. The summed E-state index contributed by atoms with van der Waals surface area (Å²) in [6, 6.07) is 4.07. The Morgan fingerprint density at radius 2 is 2.21 bits per heavy atom. The van der Waals surface area contributed by atoms with Crippen LogP contribution < -0.4 is 10.5 Å². The van der Waals surface area contributed by atoms with Crippen molar-refractivity contribution >= 4 is 21.4 Å². The van der Waals surface area contributed by atoms with Gasteiger partial charge in [0.15, 0.2) is 0 Å². The number of nitrogens with one attached hydrogen (secondary N) is 1. The summed E-state index contributed by atoms with van der Waals surface area (Å²) in [5.74, 6) is -0.00254.